The third-order valence-electron chi connectivity index (χ3n) is 4.62. The molecule has 1 aliphatic rings. The van der Waals surface area contributed by atoms with Crippen LogP contribution in [0.3, 0.4) is 0 Å². The molecule has 7 heteroatoms. The number of non-ortho nitro benzene ring substituents is 1. The van der Waals surface area contributed by atoms with Crippen molar-refractivity contribution in [1.82, 2.24) is 10.2 Å². The van der Waals surface area contributed by atoms with E-state index in [1.165, 1.54) is 5.56 Å². The van der Waals surface area contributed by atoms with Gasteiger partial charge in [-0.15, -0.1) is 0 Å². The van der Waals surface area contributed by atoms with Gasteiger partial charge < -0.3 is 10.2 Å². The molecule has 1 heterocycles. The van der Waals surface area contributed by atoms with Crippen LogP contribution < -0.4 is 5.32 Å². The van der Waals surface area contributed by atoms with Gasteiger partial charge >= 0.3 is 0 Å². The summed E-state index contributed by atoms with van der Waals surface area (Å²) in [5.41, 5.74) is 1.76. The average molecular weight is 357 g/mol. The molecule has 1 saturated heterocycles. The van der Waals surface area contributed by atoms with E-state index in [4.69, 9.17) is 0 Å². The zero-order valence-electron chi connectivity index (χ0n) is 14.4. The third kappa shape index (κ3) is 3.72. The molecule has 0 aliphatic carbocycles. The van der Waals surface area contributed by atoms with Gasteiger partial charge in [-0.05, 0) is 23.6 Å². The molecule has 3 rings (SSSR count). The number of aryl methyl sites for hydroxylation is 1. The summed E-state index contributed by atoms with van der Waals surface area (Å²) in [6.07, 6.45) is 0.929. The second-order valence-corrected chi connectivity index (χ2v) is 6.27. The Hall–Kier alpha value is -2.80. The molecule has 2 aromatic carbocycles. The Labute approximate surface area is 150 Å². The van der Waals surface area contributed by atoms with Crippen molar-refractivity contribution in [3.63, 3.8) is 0 Å². The molecule has 1 N–H and O–H groups in total. The Morgan fingerprint density at radius 2 is 2.04 bits per heavy atom. The highest BCUT2D eigenvalue weighted by Crippen LogP contribution is 2.26. The predicted octanol–water partition coefficient (Wildman–Crippen LogP) is 3.08. The maximum atomic E-state index is 13.7. The van der Waals surface area contributed by atoms with E-state index in [1.807, 2.05) is 24.3 Å². The monoisotopic (exact) mass is 357 g/mol. The number of carbonyl (C=O) groups excluding carboxylic acids is 1. The first-order valence-electron chi connectivity index (χ1n) is 8.55. The molecule has 0 spiro atoms. The average Bonchev–Trinajstić information content (AvgIpc) is 2.67. The van der Waals surface area contributed by atoms with E-state index in [2.05, 4.69) is 12.2 Å². The summed E-state index contributed by atoms with van der Waals surface area (Å²) < 4.78 is 13.7. The number of piperazine rings is 1. The number of nitrogens with zero attached hydrogens (tertiary/aromatic N) is 2. The van der Waals surface area contributed by atoms with Gasteiger partial charge in [0.05, 0.1) is 17.0 Å². The predicted molar refractivity (Wildman–Crippen MR) is 95.5 cm³/mol. The van der Waals surface area contributed by atoms with E-state index in [1.54, 1.807) is 4.90 Å². The van der Waals surface area contributed by atoms with E-state index in [0.717, 1.165) is 30.2 Å². The van der Waals surface area contributed by atoms with Crippen LogP contribution in [-0.4, -0.2) is 35.4 Å². The largest absolute Gasteiger partial charge is 0.329 e. The Balaban J connectivity index is 1.91. The smallest absolute Gasteiger partial charge is 0.273 e. The molecule has 2 aromatic rings. The van der Waals surface area contributed by atoms with Crippen molar-refractivity contribution in [2.45, 2.75) is 19.4 Å². The van der Waals surface area contributed by atoms with Gasteiger partial charge in [0, 0.05) is 31.3 Å². The Morgan fingerprint density at radius 1 is 1.31 bits per heavy atom. The van der Waals surface area contributed by atoms with Crippen molar-refractivity contribution >= 4 is 11.6 Å². The first-order valence-corrected chi connectivity index (χ1v) is 8.55. The Kier molecular flexibility index (Phi) is 5.27. The molecule has 0 aromatic heterocycles. The number of nitro groups is 1. The number of nitrogens with one attached hydrogen (secondary N) is 1. The van der Waals surface area contributed by atoms with Crippen LogP contribution in [0.25, 0.3) is 0 Å². The highest BCUT2D eigenvalue weighted by molar-refractivity contribution is 5.95. The van der Waals surface area contributed by atoms with E-state index in [9.17, 15) is 19.3 Å². The minimum Gasteiger partial charge on any atom is -0.329 e. The second kappa shape index (κ2) is 7.61. The summed E-state index contributed by atoms with van der Waals surface area (Å²) in [5.74, 6) is -1.19. The van der Waals surface area contributed by atoms with Gasteiger partial charge in [-0.25, -0.2) is 4.39 Å². The van der Waals surface area contributed by atoms with Gasteiger partial charge in [0.1, 0.15) is 5.82 Å². The Morgan fingerprint density at radius 3 is 2.69 bits per heavy atom. The van der Waals surface area contributed by atoms with Gasteiger partial charge in [-0.3, -0.25) is 14.9 Å². The molecule has 1 aliphatic heterocycles. The molecule has 0 bridgehead atoms. The van der Waals surface area contributed by atoms with Crippen molar-refractivity contribution in [2.24, 2.45) is 0 Å². The molecule has 0 saturated carbocycles. The fraction of sp³-hybridized carbons (Fsp3) is 0.316. The number of halogens is 1. The lowest BCUT2D eigenvalue weighted by atomic mass is 10.00. The lowest BCUT2D eigenvalue weighted by Crippen LogP contribution is -2.48. The molecule has 1 unspecified atom stereocenters. The summed E-state index contributed by atoms with van der Waals surface area (Å²) in [7, 11) is 0. The van der Waals surface area contributed by atoms with Gasteiger partial charge in [-0.1, -0.05) is 31.2 Å². The topological polar surface area (TPSA) is 75.5 Å². The van der Waals surface area contributed by atoms with Crippen molar-refractivity contribution < 1.29 is 14.1 Å². The number of hydrogen-bond donors (Lipinski definition) is 1. The van der Waals surface area contributed by atoms with Crippen LogP contribution in [0.1, 0.15) is 34.5 Å². The minimum atomic E-state index is -0.790. The standard InChI is InChI=1S/C19H20FN3O3/c1-2-13-3-5-14(6-4-13)18-12-21-7-8-22(18)19(24)15-9-16(20)11-17(10-15)23(25)26/h3-6,9-11,18,21H,2,7-8,12H2,1H3. The molecule has 1 fully saturated rings. The van der Waals surface area contributed by atoms with E-state index >= 15 is 0 Å². The van der Waals surface area contributed by atoms with Crippen LogP contribution in [-0.2, 0) is 6.42 Å². The van der Waals surface area contributed by atoms with Gasteiger partial charge in [-0.2, -0.15) is 0 Å². The molecule has 26 heavy (non-hydrogen) atoms. The van der Waals surface area contributed by atoms with Crippen LogP contribution in [0.5, 0.6) is 0 Å². The van der Waals surface area contributed by atoms with Crippen LogP contribution >= 0.6 is 0 Å². The molecule has 1 atom stereocenters. The number of benzene rings is 2. The molecule has 136 valence electrons. The van der Waals surface area contributed by atoms with Crippen molar-refractivity contribution in [3.8, 4) is 0 Å². The lowest BCUT2D eigenvalue weighted by molar-refractivity contribution is -0.385. The van der Waals surface area contributed by atoms with Crippen LogP contribution in [0.2, 0.25) is 0 Å². The normalized spacial score (nSPS) is 17.2. The molecular weight excluding hydrogens is 337 g/mol. The first-order chi connectivity index (χ1) is 12.5. The van der Waals surface area contributed by atoms with Crippen molar-refractivity contribution in [3.05, 3.63) is 75.1 Å². The summed E-state index contributed by atoms with van der Waals surface area (Å²) in [4.78, 5) is 24.8. The summed E-state index contributed by atoms with van der Waals surface area (Å²) in [6.45, 7) is 3.72. The zero-order valence-corrected chi connectivity index (χ0v) is 14.4. The maximum absolute atomic E-state index is 13.7. The second-order valence-electron chi connectivity index (χ2n) is 6.27. The molecular formula is C19H20FN3O3. The summed E-state index contributed by atoms with van der Waals surface area (Å²) >= 11 is 0. The van der Waals surface area contributed by atoms with Gasteiger partial charge in [0.25, 0.3) is 11.6 Å². The van der Waals surface area contributed by atoms with Crippen LogP contribution in [0.15, 0.2) is 42.5 Å². The van der Waals surface area contributed by atoms with Gasteiger partial charge in [0.15, 0.2) is 0 Å². The fourth-order valence-corrected chi connectivity index (χ4v) is 3.19. The van der Waals surface area contributed by atoms with Gasteiger partial charge in [0.2, 0.25) is 0 Å². The summed E-state index contributed by atoms with van der Waals surface area (Å²) in [5, 5.41) is 14.2. The van der Waals surface area contributed by atoms with E-state index in [0.29, 0.717) is 19.6 Å². The molecule has 0 radical (unpaired) electrons. The number of nitro benzene ring substituents is 1. The number of amides is 1. The number of hydrogen-bond acceptors (Lipinski definition) is 4. The fourth-order valence-electron chi connectivity index (χ4n) is 3.19. The lowest BCUT2D eigenvalue weighted by Gasteiger charge is -2.36. The highest BCUT2D eigenvalue weighted by Gasteiger charge is 2.29. The third-order valence-corrected chi connectivity index (χ3v) is 4.62. The quantitative estimate of drug-likeness (QED) is 0.674. The van der Waals surface area contributed by atoms with Crippen LogP contribution in [0, 0.1) is 15.9 Å². The molecule has 1 amide bonds. The maximum Gasteiger partial charge on any atom is 0.273 e. The van der Waals surface area contributed by atoms with Crippen molar-refractivity contribution in [2.75, 3.05) is 19.6 Å². The van der Waals surface area contributed by atoms with E-state index < -0.39 is 22.3 Å². The zero-order chi connectivity index (χ0) is 18.7. The highest BCUT2D eigenvalue weighted by atomic mass is 19.1. The minimum absolute atomic E-state index is 0.00576. The van der Waals surface area contributed by atoms with Crippen molar-refractivity contribution in [1.29, 1.82) is 0 Å². The van der Waals surface area contributed by atoms with Crippen LogP contribution in [0.4, 0.5) is 10.1 Å². The van der Waals surface area contributed by atoms with E-state index in [-0.39, 0.29) is 11.6 Å². The summed E-state index contributed by atoms with van der Waals surface area (Å²) in [6, 6.07) is 10.8. The number of carbonyl (C=O) groups is 1. The number of rotatable bonds is 4. The first kappa shape index (κ1) is 18.0. The Bertz CT molecular complexity index is 823. The molecule has 6 nitrogen and oxygen atoms in total. The SMILES string of the molecule is CCc1ccc(C2CNCCN2C(=O)c2cc(F)cc([N+](=O)[O-])c2)cc1.